The topological polar surface area (TPSA) is 107 Å². The molecule has 0 saturated carbocycles. The van der Waals surface area contributed by atoms with Crippen molar-refractivity contribution in [2.24, 2.45) is 0 Å². The van der Waals surface area contributed by atoms with Crippen LogP contribution in [0, 0.1) is 0 Å². The molecule has 4 heterocycles. The second kappa shape index (κ2) is 9.43. The summed E-state index contributed by atoms with van der Waals surface area (Å²) in [5, 5.41) is 14.7. The van der Waals surface area contributed by atoms with Gasteiger partial charge >= 0.3 is 0 Å². The van der Waals surface area contributed by atoms with Gasteiger partial charge in [0.25, 0.3) is 5.56 Å². The van der Waals surface area contributed by atoms with E-state index in [-0.39, 0.29) is 11.6 Å². The number of hydrogen-bond acceptors (Lipinski definition) is 6. The Morgan fingerprint density at radius 2 is 1.87 bits per heavy atom. The Morgan fingerprint density at radius 1 is 1.03 bits per heavy atom. The van der Waals surface area contributed by atoms with Crippen molar-refractivity contribution in [2.45, 2.75) is 38.8 Å². The lowest BCUT2D eigenvalue weighted by Crippen LogP contribution is -2.24. The molecule has 192 valence electrons. The maximum atomic E-state index is 13.8. The molecule has 1 atom stereocenters. The van der Waals surface area contributed by atoms with Crippen molar-refractivity contribution >= 4 is 11.0 Å². The summed E-state index contributed by atoms with van der Waals surface area (Å²) in [6.07, 6.45) is 7.95. The van der Waals surface area contributed by atoms with Crippen molar-refractivity contribution in [3.05, 3.63) is 112 Å². The van der Waals surface area contributed by atoms with Crippen LogP contribution >= 0.6 is 0 Å². The Bertz CT molecular complexity index is 1850. The zero-order valence-electron chi connectivity index (χ0n) is 21.5. The number of aromatic amines is 1. The van der Waals surface area contributed by atoms with Crippen LogP contribution in [0.5, 0.6) is 0 Å². The molecule has 9 heteroatoms. The van der Waals surface area contributed by atoms with Crippen LogP contribution in [0.2, 0.25) is 0 Å². The van der Waals surface area contributed by atoms with Gasteiger partial charge in [-0.25, -0.2) is 4.98 Å². The van der Waals surface area contributed by atoms with Crippen molar-refractivity contribution in [2.75, 3.05) is 0 Å². The molecule has 39 heavy (non-hydrogen) atoms. The molecule has 1 N–H and O–H groups in total. The first-order chi connectivity index (χ1) is 19.2. The summed E-state index contributed by atoms with van der Waals surface area (Å²) in [6.45, 7) is 2.59. The number of hydrogen-bond donors (Lipinski definition) is 1. The molecule has 6 aromatic rings. The van der Waals surface area contributed by atoms with E-state index in [2.05, 4.69) is 61.4 Å². The highest BCUT2D eigenvalue weighted by Gasteiger charge is 2.29. The lowest BCUT2D eigenvalue weighted by Gasteiger charge is -2.18. The average Bonchev–Trinajstić information content (AvgIpc) is 3.73. The summed E-state index contributed by atoms with van der Waals surface area (Å²) >= 11 is 0. The largest absolute Gasteiger partial charge is 0.316 e. The third-order valence-electron chi connectivity index (χ3n) is 7.63. The van der Waals surface area contributed by atoms with E-state index in [0.29, 0.717) is 17.9 Å². The number of benzene rings is 2. The molecule has 0 spiro atoms. The lowest BCUT2D eigenvalue weighted by atomic mass is 9.96. The SMILES string of the molecule is CCc1nc2ccn(Cc3ccncc3)c(=O)c2n1[C@H]1CCc2cc(-c3ccccc3-c3nn[nH]n3)ccc21. The van der Waals surface area contributed by atoms with Crippen LogP contribution in [0.25, 0.3) is 33.5 Å². The molecule has 0 unspecified atom stereocenters. The number of rotatable bonds is 6. The van der Waals surface area contributed by atoms with Gasteiger partial charge in [-0.2, -0.15) is 5.21 Å². The first-order valence-electron chi connectivity index (χ1n) is 13.2. The van der Waals surface area contributed by atoms with Gasteiger partial charge in [0.2, 0.25) is 5.82 Å². The first kappa shape index (κ1) is 23.2. The summed E-state index contributed by atoms with van der Waals surface area (Å²) in [5.41, 5.74) is 8.08. The lowest BCUT2D eigenvalue weighted by molar-refractivity contribution is 0.567. The highest BCUT2D eigenvalue weighted by atomic mass is 16.1. The average molecular weight is 515 g/mol. The zero-order chi connectivity index (χ0) is 26.3. The number of pyridine rings is 2. The van der Waals surface area contributed by atoms with E-state index in [9.17, 15) is 4.79 Å². The van der Waals surface area contributed by atoms with Gasteiger partial charge in [-0.3, -0.25) is 9.78 Å². The van der Waals surface area contributed by atoms with Crippen molar-refractivity contribution in [3.63, 3.8) is 0 Å². The van der Waals surface area contributed by atoms with Gasteiger partial charge < -0.3 is 9.13 Å². The number of imidazole rings is 1. The molecule has 1 aliphatic rings. The monoisotopic (exact) mass is 514 g/mol. The number of nitrogens with one attached hydrogen (secondary N) is 1. The van der Waals surface area contributed by atoms with Gasteiger partial charge in [0.05, 0.1) is 18.1 Å². The van der Waals surface area contributed by atoms with E-state index >= 15 is 0 Å². The molecular weight excluding hydrogens is 488 g/mol. The normalized spacial score (nSPS) is 14.6. The fraction of sp³-hybridized carbons (Fsp3) is 0.200. The van der Waals surface area contributed by atoms with Crippen molar-refractivity contribution in [1.29, 1.82) is 0 Å². The van der Waals surface area contributed by atoms with Gasteiger partial charge in [0, 0.05) is 30.6 Å². The quantitative estimate of drug-likeness (QED) is 0.349. The van der Waals surface area contributed by atoms with Crippen LogP contribution in [0.3, 0.4) is 0 Å². The summed E-state index contributed by atoms with van der Waals surface area (Å²) in [6, 6.07) is 20.6. The van der Waals surface area contributed by atoms with E-state index in [4.69, 9.17) is 4.98 Å². The highest BCUT2D eigenvalue weighted by molar-refractivity contribution is 5.81. The Morgan fingerprint density at radius 3 is 2.67 bits per heavy atom. The number of tetrazole rings is 1. The van der Waals surface area contributed by atoms with Crippen LogP contribution in [0.15, 0.2) is 84.0 Å². The molecule has 0 amide bonds. The second-order valence-electron chi connectivity index (χ2n) is 9.84. The third-order valence-corrected chi connectivity index (χ3v) is 7.63. The molecule has 0 saturated heterocycles. The minimum Gasteiger partial charge on any atom is -0.316 e. The van der Waals surface area contributed by atoms with Gasteiger partial charge in [-0.05, 0) is 64.1 Å². The number of aromatic nitrogens is 8. The fourth-order valence-corrected chi connectivity index (χ4v) is 5.82. The molecule has 0 aliphatic heterocycles. The maximum Gasteiger partial charge on any atom is 0.277 e. The van der Waals surface area contributed by atoms with Crippen molar-refractivity contribution in [1.82, 2.24) is 39.7 Å². The minimum atomic E-state index is -0.0179. The van der Waals surface area contributed by atoms with Gasteiger partial charge in [0.1, 0.15) is 11.3 Å². The molecule has 1 aliphatic carbocycles. The van der Waals surface area contributed by atoms with Gasteiger partial charge in [-0.1, -0.05) is 49.4 Å². The number of aryl methyl sites for hydroxylation is 2. The van der Waals surface area contributed by atoms with E-state index < -0.39 is 0 Å². The van der Waals surface area contributed by atoms with Crippen LogP contribution in [0.4, 0.5) is 0 Å². The first-order valence-corrected chi connectivity index (χ1v) is 13.2. The predicted molar refractivity (Wildman–Crippen MR) is 148 cm³/mol. The Kier molecular flexibility index (Phi) is 5.61. The van der Waals surface area contributed by atoms with E-state index in [0.717, 1.165) is 52.9 Å². The molecule has 0 bridgehead atoms. The van der Waals surface area contributed by atoms with E-state index in [1.807, 2.05) is 42.6 Å². The predicted octanol–water partition coefficient (Wildman–Crippen LogP) is 4.59. The summed E-state index contributed by atoms with van der Waals surface area (Å²) < 4.78 is 3.96. The van der Waals surface area contributed by atoms with Crippen LogP contribution < -0.4 is 5.56 Å². The van der Waals surface area contributed by atoms with Crippen LogP contribution in [-0.2, 0) is 19.4 Å². The standard InChI is InChI=1S/C30H26N8O/c1-2-27-32-25-13-16-37(18-19-11-14-31-15-12-19)30(39)28(25)38(27)26-10-8-21-17-20(7-9-23(21)26)22-5-3-4-6-24(22)29-33-35-36-34-29/h3-7,9,11-17,26H,2,8,10,18H2,1H3,(H,33,34,35,36)/t26-/m0/s1. The molecule has 0 fully saturated rings. The number of H-pyrrole nitrogens is 1. The zero-order valence-corrected chi connectivity index (χ0v) is 21.5. The summed E-state index contributed by atoms with van der Waals surface area (Å²) in [4.78, 5) is 22.8. The van der Waals surface area contributed by atoms with Gasteiger partial charge in [-0.15, -0.1) is 10.2 Å². The number of nitrogens with zero attached hydrogens (tertiary/aromatic N) is 7. The third kappa shape index (κ3) is 3.94. The fourth-order valence-electron chi connectivity index (χ4n) is 5.82. The highest BCUT2D eigenvalue weighted by Crippen LogP contribution is 2.40. The molecule has 2 aromatic carbocycles. The Hall–Kier alpha value is -4.92. The van der Waals surface area contributed by atoms with E-state index in [1.54, 1.807) is 17.0 Å². The second-order valence-corrected chi connectivity index (χ2v) is 9.84. The van der Waals surface area contributed by atoms with Crippen LogP contribution in [0.1, 0.15) is 41.9 Å². The maximum absolute atomic E-state index is 13.8. The van der Waals surface area contributed by atoms with Gasteiger partial charge in [0.15, 0.2) is 0 Å². The molecule has 7 rings (SSSR count). The molecule has 9 nitrogen and oxygen atoms in total. The Balaban J connectivity index is 1.31. The number of fused-ring (bicyclic) bond motifs is 2. The summed E-state index contributed by atoms with van der Waals surface area (Å²) in [7, 11) is 0. The smallest absolute Gasteiger partial charge is 0.277 e. The molecule has 0 radical (unpaired) electrons. The minimum absolute atomic E-state index is 0.0179. The Labute approximate surface area is 224 Å². The van der Waals surface area contributed by atoms with Crippen LogP contribution in [-0.4, -0.2) is 39.7 Å². The van der Waals surface area contributed by atoms with E-state index in [1.165, 1.54) is 11.1 Å². The van der Waals surface area contributed by atoms with Crippen molar-refractivity contribution < 1.29 is 0 Å². The van der Waals surface area contributed by atoms with Crippen molar-refractivity contribution in [3.8, 4) is 22.5 Å². The molecule has 4 aromatic heterocycles. The summed E-state index contributed by atoms with van der Waals surface area (Å²) in [5.74, 6) is 1.51. The molecular formula is C30H26N8O.